The van der Waals surface area contributed by atoms with E-state index in [0.717, 1.165) is 24.2 Å². The van der Waals surface area contributed by atoms with Crippen LogP contribution in [0.25, 0.3) is 11.3 Å². The maximum atomic E-state index is 9.21. The highest BCUT2D eigenvalue weighted by Gasteiger charge is 2.22. The van der Waals surface area contributed by atoms with Crippen molar-refractivity contribution in [1.29, 1.82) is 0 Å². The van der Waals surface area contributed by atoms with Crippen LogP contribution in [0.2, 0.25) is 0 Å². The summed E-state index contributed by atoms with van der Waals surface area (Å²) in [6, 6.07) is 17.6. The SMILES string of the molecule is Oc1cc(-c2ccc(OC3Cc4ccccc4C3)cc2)on1. The van der Waals surface area contributed by atoms with Crippen LogP contribution in [0.5, 0.6) is 11.6 Å². The van der Waals surface area contributed by atoms with Crippen LogP contribution in [0.3, 0.4) is 0 Å². The fourth-order valence-corrected chi connectivity index (χ4v) is 2.89. The number of aromatic nitrogens is 1. The number of fused-ring (bicyclic) bond motifs is 1. The van der Waals surface area contributed by atoms with E-state index in [-0.39, 0.29) is 12.0 Å². The Balaban J connectivity index is 1.46. The maximum Gasteiger partial charge on any atom is 0.252 e. The number of benzene rings is 2. The number of hydrogen-bond acceptors (Lipinski definition) is 4. The summed E-state index contributed by atoms with van der Waals surface area (Å²) in [5, 5.41) is 12.7. The summed E-state index contributed by atoms with van der Waals surface area (Å²) in [6.45, 7) is 0. The van der Waals surface area contributed by atoms with E-state index in [0.29, 0.717) is 5.76 Å². The fourth-order valence-electron chi connectivity index (χ4n) is 2.89. The quantitative estimate of drug-likeness (QED) is 0.801. The van der Waals surface area contributed by atoms with Crippen LogP contribution in [0, 0.1) is 0 Å². The average molecular weight is 293 g/mol. The van der Waals surface area contributed by atoms with Crippen molar-refractivity contribution in [3.8, 4) is 23.0 Å². The van der Waals surface area contributed by atoms with E-state index in [1.807, 2.05) is 24.3 Å². The van der Waals surface area contributed by atoms with Gasteiger partial charge >= 0.3 is 0 Å². The van der Waals surface area contributed by atoms with Gasteiger partial charge in [-0.05, 0) is 40.5 Å². The minimum atomic E-state index is -0.112. The fraction of sp³-hybridized carbons (Fsp3) is 0.167. The van der Waals surface area contributed by atoms with E-state index in [2.05, 4.69) is 29.4 Å². The third kappa shape index (κ3) is 2.44. The smallest absolute Gasteiger partial charge is 0.252 e. The van der Waals surface area contributed by atoms with Crippen molar-refractivity contribution in [2.75, 3.05) is 0 Å². The highest BCUT2D eigenvalue weighted by atomic mass is 16.5. The lowest BCUT2D eigenvalue weighted by Gasteiger charge is -2.13. The molecule has 4 rings (SSSR count). The first-order chi connectivity index (χ1) is 10.8. The number of rotatable bonds is 3. The molecule has 0 bridgehead atoms. The Morgan fingerprint density at radius 3 is 2.27 bits per heavy atom. The Kier molecular flexibility index (Phi) is 3.07. The molecule has 0 aliphatic heterocycles. The van der Waals surface area contributed by atoms with Gasteiger partial charge in [0.25, 0.3) is 5.88 Å². The predicted molar refractivity (Wildman–Crippen MR) is 81.9 cm³/mol. The molecule has 2 aromatic carbocycles. The summed E-state index contributed by atoms with van der Waals surface area (Å²) in [5.41, 5.74) is 3.61. The molecule has 22 heavy (non-hydrogen) atoms. The molecule has 4 nitrogen and oxygen atoms in total. The largest absolute Gasteiger partial charge is 0.491 e. The lowest BCUT2D eigenvalue weighted by molar-refractivity contribution is 0.214. The van der Waals surface area contributed by atoms with Crippen molar-refractivity contribution in [3.63, 3.8) is 0 Å². The lowest BCUT2D eigenvalue weighted by Crippen LogP contribution is -2.16. The van der Waals surface area contributed by atoms with Gasteiger partial charge in [0.05, 0.1) is 0 Å². The second-order valence-electron chi connectivity index (χ2n) is 5.49. The van der Waals surface area contributed by atoms with Crippen molar-refractivity contribution >= 4 is 0 Å². The molecule has 1 aromatic heterocycles. The van der Waals surface area contributed by atoms with Crippen LogP contribution in [-0.4, -0.2) is 16.4 Å². The summed E-state index contributed by atoms with van der Waals surface area (Å²) in [4.78, 5) is 0. The molecule has 1 aliphatic carbocycles. The molecule has 0 spiro atoms. The van der Waals surface area contributed by atoms with Crippen LogP contribution in [-0.2, 0) is 12.8 Å². The molecule has 3 aromatic rings. The van der Waals surface area contributed by atoms with Gasteiger partial charge in [0.1, 0.15) is 11.9 Å². The molecular weight excluding hydrogens is 278 g/mol. The standard InChI is InChI=1S/C18H15NO3/c20-18-11-17(22-19-18)12-5-7-15(8-6-12)21-16-9-13-3-1-2-4-14(13)10-16/h1-8,11,16H,9-10H2,(H,19,20). The van der Waals surface area contributed by atoms with Crippen LogP contribution in [0.1, 0.15) is 11.1 Å². The van der Waals surface area contributed by atoms with E-state index in [1.165, 1.54) is 17.2 Å². The number of ether oxygens (including phenoxy) is 1. The number of nitrogens with zero attached hydrogens (tertiary/aromatic N) is 1. The van der Waals surface area contributed by atoms with Crippen LogP contribution >= 0.6 is 0 Å². The van der Waals surface area contributed by atoms with Crippen molar-refractivity contribution in [2.24, 2.45) is 0 Å². The first-order valence-electron chi connectivity index (χ1n) is 7.27. The van der Waals surface area contributed by atoms with Gasteiger partial charge in [0, 0.05) is 24.5 Å². The Bertz CT molecular complexity index is 767. The van der Waals surface area contributed by atoms with Crippen LogP contribution < -0.4 is 4.74 Å². The molecule has 0 radical (unpaired) electrons. The van der Waals surface area contributed by atoms with E-state index >= 15 is 0 Å². The predicted octanol–water partition coefficient (Wildman–Crippen LogP) is 3.59. The molecular formula is C18H15NO3. The van der Waals surface area contributed by atoms with Crippen LogP contribution in [0.15, 0.2) is 59.1 Å². The second kappa shape index (κ2) is 5.22. The Hall–Kier alpha value is -2.75. The zero-order chi connectivity index (χ0) is 14.9. The van der Waals surface area contributed by atoms with Gasteiger partial charge in [0.15, 0.2) is 5.76 Å². The molecule has 0 saturated carbocycles. The zero-order valence-electron chi connectivity index (χ0n) is 11.9. The van der Waals surface area contributed by atoms with E-state index < -0.39 is 0 Å². The van der Waals surface area contributed by atoms with Crippen molar-refractivity contribution in [3.05, 3.63) is 65.7 Å². The molecule has 0 unspecified atom stereocenters. The van der Waals surface area contributed by atoms with Gasteiger partial charge in [-0.1, -0.05) is 24.3 Å². The van der Waals surface area contributed by atoms with E-state index in [9.17, 15) is 5.11 Å². The molecule has 0 saturated heterocycles. The molecule has 0 amide bonds. The monoisotopic (exact) mass is 293 g/mol. The first-order valence-corrected chi connectivity index (χ1v) is 7.27. The summed E-state index contributed by atoms with van der Waals surface area (Å²) in [5.74, 6) is 1.27. The molecule has 1 heterocycles. The highest BCUT2D eigenvalue weighted by molar-refractivity contribution is 5.59. The van der Waals surface area contributed by atoms with Gasteiger partial charge in [0.2, 0.25) is 0 Å². The average Bonchev–Trinajstić information content (AvgIpc) is 3.13. The van der Waals surface area contributed by atoms with E-state index in [4.69, 9.17) is 9.26 Å². The first kappa shape index (κ1) is 13.0. The Labute approximate surface area is 128 Å². The topological polar surface area (TPSA) is 55.5 Å². The lowest BCUT2D eigenvalue weighted by atomic mass is 10.1. The summed E-state index contributed by atoms with van der Waals surface area (Å²) in [6.07, 6.45) is 2.10. The Morgan fingerprint density at radius 2 is 1.68 bits per heavy atom. The van der Waals surface area contributed by atoms with Gasteiger partial charge in [-0.2, -0.15) is 0 Å². The Morgan fingerprint density at radius 1 is 1.00 bits per heavy atom. The molecule has 4 heteroatoms. The van der Waals surface area contributed by atoms with Crippen molar-refractivity contribution in [2.45, 2.75) is 18.9 Å². The van der Waals surface area contributed by atoms with E-state index in [1.54, 1.807) is 0 Å². The maximum absolute atomic E-state index is 9.21. The third-order valence-electron chi connectivity index (χ3n) is 3.95. The normalized spacial score (nSPS) is 14.0. The molecule has 110 valence electrons. The third-order valence-corrected chi connectivity index (χ3v) is 3.95. The van der Waals surface area contributed by atoms with Gasteiger partial charge < -0.3 is 14.4 Å². The minimum Gasteiger partial charge on any atom is -0.491 e. The van der Waals surface area contributed by atoms with Crippen molar-refractivity contribution in [1.82, 2.24) is 5.16 Å². The summed E-state index contributed by atoms with van der Waals surface area (Å²) >= 11 is 0. The van der Waals surface area contributed by atoms with Gasteiger partial charge in [-0.25, -0.2) is 0 Å². The minimum absolute atomic E-state index is 0.112. The van der Waals surface area contributed by atoms with Crippen molar-refractivity contribution < 1.29 is 14.4 Å². The zero-order valence-corrected chi connectivity index (χ0v) is 11.9. The van der Waals surface area contributed by atoms with Crippen LogP contribution in [0.4, 0.5) is 0 Å². The van der Waals surface area contributed by atoms with Gasteiger partial charge in [-0.15, -0.1) is 0 Å². The summed E-state index contributed by atoms with van der Waals surface area (Å²) in [7, 11) is 0. The molecule has 0 fully saturated rings. The second-order valence-corrected chi connectivity index (χ2v) is 5.49. The molecule has 0 atom stereocenters. The summed E-state index contributed by atoms with van der Waals surface area (Å²) < 4.78 is 11.1. The molecule has 1 aliphatic rings. The van der Waals surface area contributed by atoms with Gasteiger partial charge in [-0.3, -0.25) is 0 Å². The number of hydrogen-bond donors (Lipinski definition) is 1. The number of aromatic hydroxyl groups is 1. The highest BCUT2D eigenvalue weighted by Crippen LogP contribution is 2.28. The molecule has 1 N–H and O–H groups in total.